The minimum atomic E-state index is -0.955. The number of ether oxygens (including phenoxy) is 3. The molecule has 3 aliphatic carbocycles. The number of carbonyl (C=O) groups is 2. The first-order valence-corrected chi connectivity index (χ1v) is 16.9. The van der Waals surface area contributed by atoms with Gasteiger partial charge < -0.3 is 14.2 Å². The van der Waals surface area contributed by atoms with Crippen molar-refractivity contribution in [3.63, 3.8) is 0 Å². The van der Waals surface area contributed by atoms with Crippen LogP contribution in [0.3, 0.4) is 0 Å². The molecule has 3 aromatic carbocycles. The summed E-state index contributed by atoms with van der Waals surface area (Å²) in [6.07, 6.45) is 12.0. The van der Waals surface area contributed by atoms with Gasteiger partial charge in [-0.25, -0.2) is 4.39 Å². The number of benzene rings is 3. The van der Waals surface area contributed by atoms with Crippen LogP contribution in [0.1, 0.15) is 74.5 Å². The first-order chi connectivity index (χ1) is 22.8. The summed E-state index contributed by atoms with van der Waals surface area (Å²) in [5, 5.41) is 0.671. The molecule has 0 spiro atoms. The molecule has 1 heterocycles. The smallest absolute Gasteiger partial charge is 0.166 e. The third-order valence-electron chi connectivity index (χ3n) is 10.6. The fraction of sp³-hybridized carbons (Fsp3) is 0.425. The second kappa shape index (κ2) is 12.7. The summed E-state index contributed by atoms with van der Waals surface area (Å²) in [4.78, 5) is 30.9. The highest BCUT2D eigenvalue weighted by Gasteiger charge is 2.54. The van der Waals surface area contributed by atoms with Crippen molar-refractivity contribution >= 4 is 22.5 Å². The minimum absolute atomic E-state index is 0.00303. The van der Waals surface area contributed by atoms with E-state index in [1.165, 1.54) is 57.1 Å². The Morgan fingerprint density at radius 3 is 2.19 bits per heavy atom. The molecule has 47 heavy (non-hydrogen) atoms. The van der Waals surface area contributed by atoms with Crippen molar-refractivity contribution in [1.29, 1.82) is 0 Å². The third-order valence-corrected chi connectivity index (χ3v) is 10.6. The van der Waals surface area contributed by atoms with E-state index in [4.69, 9.17) is 14.2 Å². The quantitative estimate of drug-likeness (QED) is 0.129. The molecule has 3 aliphatic rings. The molecule has 7 rings (SSSR count). The van der Waals surface area contributed by atoms with Crippen LogP contribution in [0.4, 0.5) is 4.39 Å². The fourth-order valence-electron chi connectivity index (χ4n) is 7.24. The Kier molecular flexibility index (Phi) is 8.50. The lowest BCUT2D eigenvalue weighted by Gasteiger charge is -2.21. The van der Waals surface area contributed by atoms with Crippen molar-refractivity contribution in [2.24, 2.45) is 16.7 Å². The summed E-state index contributed by atoms with van der Waals surface area (Å²) in [7, 11) is 1.61. The van der Waals surface area contributed by atoms with Crippen LogP contribution in [0.2, 0.25) is 0 Å². The van der Waals surface area contributed by atoms with E-state index >= 15 is 4.39 Å². The molecule has 1 aromatic heterocycles. The Bertz CT molecular complexity index is 1800. The molecule has 0 unspecified atom stereocenters. The maximum absolute atomic E-state index is 15.4. The normalized spacial score (nSPS) is 17.8. The molecule has 0 atom stereocenters. The van der Waals surface area contributed by atoms with Gasteiger partial charge in [-0.15, -0.1) is 0 Å². The number of nitrogens with zero attached hydrogens (tertiary/aromatic N) is 1. The number of fused-ring (bicyclic) bond motifs is 1. The van der Waals surface area contributed by atoms with Gasteiger partial charge in [0.05, 0.1) is 24.6 Å². The molecular formula is C40H42FNO5. The number of hydrogen-bond donors (Lipinski definition) is 0. The minimum Gasteiger partial charge on any atom is -0.493 e. The molecule has 0 N–H and O–H groups in total. The largest absolute Gasteiger partial charge is 0.493 e. The fourth-order valence-corrected chi connectivity index (χ4v) is 7.24. The van der Waals surface area contributed by atoms with Crippen molar-refractivity contribution in [2.75, 3.05) is 13.7 Å². The summed E-state index contributed by atoms with van der Waals surface area (Å²) in [6, 6.07) is 17.7. The number of Topliss-reactive ketones (excluding diaryl/α,β-unsaturated/α-hetero) is 2. The number of ketones is 2. The number of pyridine rings is 1. The molecule has 3 fully saturated rings. The summed E-state index contributed by atoms with van der Waals surface area (Å²) in [6.45, 7) is 2.67. The van der Waals surface area contributed by atoms with E-state index in [2.05, 4.69) is 4.98 Å². The number of aromatic nitrogens is 1. The van der Waals surface area contributed by atoms with Gasteiger partial charge >= 0.3 is 0 Å². The van der Waals surface area contributed by atoms with Gasteiger partial charge in [0.15, 0.2) is 34.6 Å². The zero-order chi connectivity index (χ0) is 32.6. The van der Waals surface area contributed by atoms with Gasteiger partial charge in [-0.3, -0.25) is 14.6 Å². The number of aryl methyl sites for hydroxylation is 1. The van der Waals surface area contributed by atoms with E-state index in [9.17, 15) is 9.59 Å². The van der Waals surface area contributed by atoms with E-state index in [0.717, 1.165) is 17.0 Å². The molecule has 4 aromatic rings. The van der Waals surface area contributed by atoms with Crippen LogP contribution in [0.25, 0.3) is 10.9 Å². The first kappa shape index (κ1) is 31.3. The maximum Gasteiger partial charge on any atom is 0.166 e. The van der Waals surface area contributed by atoms with Crippen LogP contribution in [0, 0.1) is 29.5 Å². The van der Waals surface area contributed by atoms with Crippen molar-refractivity contribution in [1.82, 2.24) is 4.98 Å². The molecule has 0 aliphatic heterocycles. The molecule has 0 amide bonds. The van der Waals surface area contributed by atoms with E-state index in [1.807, 2.05) is 43.3 Å². The van der Waals surface area contributed by atoms with Crippen molar-refractivity contribution < 1.29 is 28.2 Å². The Hall–Kier alpha value is -4.26. The van der Waals surface area contributed by atoms with Crippen LogP contribution in [-0.4, -0.2) is 30.3 Å². The molecule has 0 bridgehead atoms. The highest BCUT2D eigenvalue weighted by atomic mass is 19.1. The van der Waals surface area contributed by atoms with E-state index in [1.54, 1.807) is 25.4 Å². The first-order valence-electron chi connectivity index (χ1n) is 16.9. The topological polar surface area (TPSA) is 74.7 Å². The van der Waals surface area contributed by atoms with Gasteiger partial charge in [0, 0.05) is 35.9 Å². The number of rotatable bonds is 14. The second-order valence-corrected chi connectivity index (χ2v) is 14.1. The van der Waals surface area contributed by atoms with E-state index < -0.39 is 11.2 Å². The van der Waals surface area contributed by atoms with Crippen LogP contribution < -0.4 is 14.2 Å². The highest BCUT2D eigenvalue weighted by molar-refractivity contribution is 6.11. The molecular weight excluding hydrogens is 593 g/mol. The predicted molar refractivity (Wildman–Crippen MR) is 179 cm³/mol. The molecule has 0 radical (unpaired) electrons. The Morgan fingerprint density at radius 1 is 0.830 bits per heavy atom. The van der Waals surface area contributed by atoms with Gasteiger partial charge in [0.1, 0.15) is 5.75 Å². The number of hydrogen-bond acceptors (Lipinski definition) is 6. The van der Waals surface area contributed by atoms with Crippen molar-refractivity contribution in [2.45, 2.75) is 77.6 Å². The maximum atomic E-state index is 15.4. The Labute approximate surface area is 275 Å². The van der Waals surface area contributed by atoms with Crippen LogP contribution in [0.5, 0.6) is 23.0 Å². The average Bonchev–Trinajstić information content (AvgIpc) is 3.99. The molecule has 7 heteroatoms. The van der Waals surface area contributed by atoms with E-state index in [-0.39, 0.29) is 35.6 Å². The lowest BCUT2D eigenvalue weighted by Crippen LogP contribution is -2.28. The zero-order valence-electron chi connectivity index (χ0n) is 27.3. The summed E-state index contributed by atoms with van der Waals surface area (Å²) in [5.41, 5.74) is 2.51. The molecule has 0 saturated heterocycles. The SMILES string of the molecule is COc1cc2c(Oc3ccc(CC(=O)C4(C(=O)Cc5ccc(C)cc5)CC4)cc3F)ccnc2cc1OCC1(CC2CCCC2)CC1. The van der Waals surface area contributed by atoms with E-state index in [0.29, 0.717) is 53.2 Å². The number of methoxy groups -OCH3 is 1. The predicted octanol–water partition coefficient (Wildman–Crippen LogP) is 8.93. The summed E-state index contributed by atoms with van der Waals surface area (Å²) >= 11 is 0. The van der Waals surface area contributed by atoms with Gasteiger partial charge in [-0.2, -0.15) is 0 Å². The monoisotopic (exact) mass is 635 g/mol. The lowest BCUT2D eigenvalue weighted by atomic mass is 9.87. The third kappa shape index (κ3) is 6.76. The number of carbonyl (C=O) groups excluding carboxylic acids is 2. The summed E-state index contributed by atoms with van der Waals surface area (Å²) < 4.78 is 33.5. The van der Waals surface area contributed by atoms with Crippen LogP contribution >= 0.6 is 0 Å². The van der Waals surface area contributed by atoms with Gasteiger partial charge in [0.25, 0.3) is 0 Å². The Morgan fingerprint density at radius 2 is 1.53 bits per heavy atom. The Balaban J connectivity index is 1.02. The lowest BCUT2D eigenvalue weighted by molar-refractivity contribution is -0.133. The van der Waals surface area contributed by atoms with Gasteiger partial charge in [-0.05, 0) is 80.3 Å². The van der Waals surface area contributed by atoms with Crippen molar-refractivity contribution in [3.05, 3.63) is 89.4 Å². The van der Waals surface area contributed by atoms with Crippen molar-refractivity contribution in [3.8, 4) is 23.0 Å². The zero-order valence-corrected chi connectivity index (χ0v) is 27.3. The van der Waals surface area contributed by atoms with Gasteiger partial charge in [-0.1, -0.05) is 61.6 Å². The summed E-state index contributed by atoms with van der Waals surface area (Å²) in [5.74, 6) is 1.72. The highest BCUT2D eigenvalue weighted by Crippen LogP contribution is 2.53. The molecule has 244 valence electrons. The standard InChI is InChI=1S/C40H42FNO5/c1-26-7-9-27(10-8-26)20-37(43)40(16-17-40)38(44)21-29-11-12-34(31(41)19-29)47-33-13-18-42-32-23-36(35(45-2)22-30(32)33)46-25-39(14-15-39)24-28-5-3-4-6-28/h7-13,18-19,22-23,28H,3-6,14-17,20-21,24-25H2,1-2H3. The number of halogens is 1. The molecule has 6 nitrogen and oxygen atoms in total. The molecule has 3 saturated carbocycles. The average molecular weight is 636 g/mol. The van der Waals surface area contributed by atoms with Crippen LogP contribution in [-0.2, 0) is 22.4 Å². The van der Waals surface area contributed by atoms with Crippen LogP contribution in [0.15, 0.2) is 66.9 Å². The second-order valence-electron chi connectivity index (χ2n) is 14.1. The van der Waals surface area contributed by atoms with Gasteiger partial charge in [0.2, 0.25) is 0 Å².